The van der Waals surface area contributed by atoms with Gasteiger partial charge in [-0.05, 0) is 79.8 Å². The topological polar surface area (TPSA) is 75.5 Å². The summed E-state index contributed by atoms with van der Waals surface area (Å²) in [5.74, 6) is 1.59. The number of carbonyl (C=O) groups is 1. The van der Waals surface area contributed by atoms with Gasteiger partial charge >= 0.3 is 5.97 Å². The molecule has 9 heteroatoms. The molecular formula is C31H29Br2N3O4. The van der Waals surface area contributed by atoms with Gasteiger partial charge < -0.3 is 14.2 Å². The number of esters is 1. The van der Waals surface area contributed by atoms with Gasteiger partial charge in [0.2, 0.25) is 0 Å². The number of ether oxygens (including phenoxy) is 3. The number of aryl methyl sites for hydroxylation is 1. The zero-order chi connectivity index (χ0) is 28.0. The molecule has 3 aromatic carbocycles. The molecule has 6 rings (SSSR count). The number of carbonyl (C=O) groups excluding carboxylic acids is 1. The van der Waals surface area contributed by atoms with Crippen molar-refractivity contribution in [1.82, 2.24) is 15.0 Å². The standard InChI is InChI=1S/C31H29Br2N3O4/c1-17-12-28(19(3)29-23(17)10-11-24-18(2)31(37)40-30(24)29)39-15-21-14-34-35-36(21)27-9-5-8-26(33)25(27)16-38-22-7-4-6-20(32)13-22/h4-9,12-14,18,24,30H,10-11,15-16H2,1-3H3/t18-,24-,30+/m0/s1. The van der Waals surface area contributed by atoms with Crippen molar-refractivity contribution in [1.29, 1.82) is 0 Å². The van der Waals surface area contributed by atoms with Gasteiger partial charge in [0.25, 0.3) is 0 Å². The number of rotatable bonds is 7. The van der Waals surface area contributed by atoms with Crippen molar-refractivity contribution in [2.75, 3.05) is 0 Å². The van der Waals surface area contributed by atoms with Gasteiger partial charge in [0.15, 0.2) is 0 Å². The van der Waals surface area contributed by atoms with Crippen molar-refractivity contribution in [2.45, 2.75) is 52.9 Å². The fourth-order valence-corrected chi connectivity index (χ4v) is 6.73. The third-order valence-corrected chi connectivity index (χ3v) is 9.31. The average Bonchev–Trinajstić information content (AvgIpc) is 3.52. The molecule has 0 bridgehead atoms. The van der Waals surface area contributed by atoms with Gasteiger partial charge in [-0.15, -0.1) is 5.10 Å². The first-order chi connectivity index (χ1) is 19.3. The number of hydrogen-bond acceptors (Lipinski definition) is 6. The Labute approximate surface area is 250 Å². The molecule has 7 nitrogen and oxygen atoms in total. The fourth-order valence-electron chi connectivity index (χ4n) is 5.88. The summed E-state index contributed by atoms with van der Waals surface area (Å²) in [7, 11) is 0. The van der Waals surface area contributed by atoms with E-state index in [0.29, 0.717) is 6.61 Å². The molecule has 1 saturated heterocycles. The van der Waals surface area contributed by atoms with Crippen molar-refractivity contribution in [3.8, 4) is 17.2 Å². The monoisotopic (exact) mass is 665 g/mol. The Morgan fingerprint density at radius 2 is 1.90 bits per heavy atom. The van der Waals surface area contributed by atoms with Crippen LogP contribution in [0, 0.1) is 25.7 Å². The van der Waals surface area contributed by atoms with Crippen molar-refractivity contribution < 1.29 is 19.0 Å². The minimum Gasteiger partial charge on any atom is -0.489 e. The lowest BCUT2D eigenvalue weighted by molar-refractivity contribution is -0.144. The minimum atomic E-state index is -0.199. The summed E-state index contributed by atoms with van der Waals surface area (Å²) in [4.78, 5) is 12.4. The van der Waals surface area contributed by atoms with Crippen LogP contribution in [0.5, 0.6) is 11.5 Å². The molecule has 0 N–H and O–H groups in total. The molecule has 2 aliphatic rings. The molecule has 1 aliphatic carbocycles. The molecule has 40 heavy (non-hydrogen) atoms. The van der Waals surface area contributed by atoms with Crippen LogP contribution in [-0.4, -0.2) is 21.0 Å². The lowest BCUT2D eigenvalue weighted by Crippen LogP contribution is -2.22. The zero-order valence-corrected chi connectivity index (χ0v) is 25.7. The predicted octanol–water partition coefficient (Wildman–Crippen LogP) is 7.36. The van der Waals surface area contributed by atoms with Gasteiger partial charge in [0.05, 0.1) is 17.8 Å². The van der Waals surface area contributed by atoms with E-state index in [1.807, 2.05) is 49.4 Å². The van der Waals surface area contributed by atoms with E-state index in [0.717, 1.165) is 66.9 Å². The van der Waals surface area contributed by atoms with E-state index in [2.05, 4.69) is 62.1 Å². The van der Waals surface area contributed by atoms with E-state index >= 15 is 0 Å². The Kier molecular flexibility index (Phi) is 7.44. The maximum Gasteiger partial charge on any atom is 0.309 e. The normalized spacial score (nSPS) is 19.6. The van der Waals surface area contributed by atoms with Crippen LogP contribution in [0.3, 0.4) is 0 Å². The van der Waals surface area contributed by atoms with E-state index in [9.17, 15) is 4.79 Å². The highest BCUT2D eigenvalue weighted by atomic mass is 79.9. The van der Waals surface area contributed by atoms with Gasteiger partial charge in [-0.1, -0.05) is 56.1 Å². The molecule has 0 saturated carbocycles. The van der Waals surface area contributed by atoms with Crippen LogP contribution in [0.15, 0.2) is 63.7 Å². The van der Waals surface area contributed by atoms with Gasteiger partial charge in [-0.25, -0.2) is 4.68 Å². The molecule has 3 atom stereocenters. The third-order valence-electron chi connectivity index (χ3n) is 8.08. The van der Waals surface area contributed by atoms with Crippen LogP contribution in [0.25, 0.3) is 5.69 Å². The molecule has 206 valence electrons. The van der Waals surface area contributed by atoms with Crippen molar-refractivity contribution in [2.24, 2.45) is 11.8 Å². The molecule has 0 amide bonds. The smallest absolute Gasteiger partial charge is 0.309 e. The lowest BCUT2D eigenvalue weighted by Gasteiger charge is -2.31. The maximum absolute atomic E-state index is 12.4. The van der Waals surface area contributed by atoms with Crippen LogP contribution in [-0.2, 0) is 29.2 Å². The summed E-state index contributed by atoms with van der Waals surface area (Å²) in [6, 6.07) is 15.8. The molecule has 1 aromatic heterocycles. The second-order valence-corrected chi connectivity index (χ2v) is 12.2. The Bertz CT molecular complexity index is 1600. The summed E-state index contributed by atoms with van der Waals surface area (Å²) in [5.41, 5.74) is 7.19. The average molecular weight is 667 g/mol. The van der Waals surface area contributed by atoms with Gasteiger partial charge in [0, 0.05) is 26.0 Å². The van der Waals surface area contributed by atoms with Crippen molar-refractivity contribution in [3.63, 3.8) is 0 Å². The first-order valence-electron chi connectivity index (χ1n) is 13.3. The molecule has 4 aromatic rings. The van der Waals surface area contributed by atoms with Crippen LogP contribution < -0.4 is 9.47 Å². The highest BCUT2D eigenvalue weighted by Gasteiger charge is 2.46. The van der Waals surface area contributed by atoms with Crippen LogP contribution in [0.2, 0.25) is 0 Å². The molecule has 1 aliphatic heterocycles. The van der Waals surface area contributed by atoms with Crippen molar-refractivity contribution >= 4 is 37.8 Å². The maximum atomic E-state index is 12.4. The summed E-state index contributed by atoms with van der Waals surface area (Å²) < 4.78 is 22.1. The van der Waals surface area contributed by atoms with E-state index in [-0.39, 0.29) is 30.5 Å². The Morgan fingerprint density at radius 1 is 1.07 bits per heavy atom. The van der Waals surface area contributed by atoms with E-state index in [1.165, 1.54) is 5.56 Å². The fraction of sp³-hybridized carbons (Fsp3) is 0.323. The van der Waals surface area contributed by atoms with Crippen LogP contribution >= 0.6 is 31.9 Å². The minimum absolute atomic E-state index is 0.0744. The molecule has 0 unspecified atom stereocenters. The number of nitrogens with zero attached hydrogens (tertiary/aromatic N) is 3. The number of benzene rings is 3. The number of halogens is 2. The highest BCUT2D eigenvalue weighted by Crippen LogP contribution is 2.49. The summed E-state index contributed by atoms with van der Waals surface area (Å²) in [6.45, 7) is 6.77. The molecule has 0 radical (unpaired) electrons. The number of fused-ring (bicyclic) bond motifs is 3. The second-order valence-electron chi connectivity index (χ2n) is 10.5. The Hall–Kier alpha value is -3.17. The van der Waals surface area contributed by atoms with E-state index in [1.54, 1.807) is 10.9 Å². The van der Waals surface area contributed by atoms with Gasteiger partial charge in [-0.2, -0.15) is 0 Å². The van der Waals surface area contributed by atoms with Gasteiger partial charge in [0.1, 0.15) is 36.5 Å². The van der Waals surface area contributed by atoms with Crippen LogP contribution in [0.1, 0.15) is 53.0 Å². The quantitative estimate of drug-likeness (QED) is 0.192. The third kappa shape index (κ3) is 4.94. The second kappa shape index (κ2) is 11.0. The number of hydrogen-bond donors (Lipinski definition) is 0. The Balaban J connectivity index is 1.26. The predicted molar refractivity (Wildman–Crippen MR) is 158 cm³/mol. The van der Waals surface area contributed by atoms with Crippen molar-refractivity contribution in [3.05, 3.63) is 97.2 Å². The SMILES string of the molecule is Cc1cc(OCc2cnnn2-c2cccc(Br)c2COc2cccc(Br)c2)c(C)c2c1CC[C@H]1[C@H](C)C(=O)O[C@@H]21. The summed E-state index contributed by atoms with van der Waals surface area (Å²) >= 11 is 7.18. The van der Waals surface area contributed by atoms with E-state index < -0.39 is 0 Å². The lowest BCUT2D eigenvalue weighted by atomic mass is 9.74. The number of aromatic nitrogens is 3. The zero-order valence-electron chi connectivity index (χ0n) is 22.5. The molecule has 2 heterocycles. The first kappa shape index (κ1) is 27.0. The molecule has 0 spiro atoms. The van der Waals surface area contributed by atoms with Gasteiger partial charge in [-0.3, -0.25) is 4.79 Å². The molecule has 1 fully saturated rings. The summed E-state index contributed by atoms with van der Waals surface area (Å²) in [5, 5.41) is 8.58. The molecular weight excluding hydrogens is 638 g/mol. The largest absolute Gasteiger partial charge is 0.489 e. The van der Waals surface area contributed by atoms with E-state index in [4.69, 9.17) is 14.2 Å². The van der Waals surface area contributed by atoms with Crippen LogP contribution in [0.4, 0.5) is 0 Å². The Morgan fingerprint density at radius 3 is 2.73 bits per heavy atom. The highest BCUT2D eigenvalue weighted by molar-refractivity contribution is 9.10. The first-order valence-corrected chi connectivity index (χ1v) is 14.9. The summed E-state index contributed by atoms with van der Waals surface area (Å²) in [6.07, 6.45) is 3.44.